The minimum Gasteiger partial charge on any atom is -0.497 e. The number of nitrogens with zero attached hydrogens (tertiary/aromatic N) is 1. The van der Waals surface area contributed by atoms with Crippen LogP contribution in [0, 0.1) is 0 Å². The lowest BCUT2D eigenvalue weighted by atomic mass is 9.89. The first-order valence-electron chi connectivity index (χ1n) is 9.53. The fourth-order valence-corrected chi connectivity index (χ4v) is 4.33. The van der Waals surface area contributed by atoms with E-state index in [4.69, 9.17) is 15.2 Å². The first-order valence-corrected chi connectivity index (χ1v) is 9.53. The van der Waals surface area contributed by atoms with E-state index in [1.165, 1.54) is 24.1 Å². The molecule has 2 aliphatic heterocycles. The summed E-state index contributed by atoms with van der Waals surface area (Å²) < 4.78 is 11.1. The second-order valence-corrected chi connectivity index (χ2v) is 7.58. The van der Waals surface area contributed by atoms with E-state index in [1.54, 1.807) is 14.2 Å². The van der Waals surface area contributed by atoms with Crippen LogP contribution in [-0.2, 0) is 0 Å². The summed E-state index contributed by atoms with van der Waals surface area (Å²) in [7, 11) is 3.38. The predicted octanol–water partition coefficient (Wildman–Crippen LogP) is 3.53. The van der Waals surface area contributed by atoms with E-state index in [0.29, 0.717) is 0 Å². The van der Waals surface area contributed by atoms with Gasteiger partial charge in [-0.3, -0.25) is 4.90 Å². The molecule has 0 aromatic heterocycles. The molecule has 0 spiro atoms. The lowest BCUT2D eigenvalue weighted by Gasteiger charge is -2.28. The maximum absolute atomic E-state index is 6.71. The van der Waals surface area contributed by atoms with Crippen molar-refractivity contribution in [1.29, 1.82) is 0 Å². The largest absolute Gasteiger partial charge is 0.497 e. The number of nitrogens with two attached hydrogens (primary N) is 1. The molecule has 0 amide bonds. The highest BCUT2D eigenvalue weighted by atomic mass is 16.5. The topological polar surface area (TPSA) is 59.8 Å². The van der Waals surface area contributed by atoms with E-state index in [9.17, 15) is 0 Å². The van der Waals surface area contributed by atoms with Gasteiger partial charge in [-0.25, -0.2) is 0 Å². The van der Waals surface area contributed by atoms with Gasteiger partial charge in [-0.2, -0.15) is 0 Å². The highest BCUT2D eigenvalue weighted by molar-refractivity contribution is 5.87. The molecule has 27 heavy (non-hydrogen) atoms. The first kappa shape index (κ1) is 16.7. The summed E-state index contributed by atoms with van der Waals surface area (Å²) in [6.45, 7) is 1.96. The third-order valence-electron chi connectivity index (χ3n) is 5.97. The number of ether oxygens (including phenoxy) is 2. The van der Waals surface area contributed by atoms with Crippen LogP contribution in [0.5, 0.6) is 11.5 Å². The van der Waals surface area contributed by atoms with Gasteiger partial charge in [0.15, 0.2) is 0 Å². The van der Waals surface area contributed by atoms with Crippen molar-refractivity contribution in [1.82, 2.24) is 4.90 Å². The number of hydrogen-bond acceptors (Lipinski definition) is 5. The van der Waals surface area contributed by atoms with Crippen LogP contribution >= 0.6 is 0 Å². The standard InChI is InChI=1S/C22H25N3O2/c1-26-14-8-9-20(27-2)17(10-14)15-4-3-5-16-21(23)18-11-25(13-6-7-13)12-19(18)24-22(15)16/h3-5,8-10,13,21,24H,6-7,11-12,23H2,1-2H3. The van der Waals surface area contributed by atoms with Gasteiger partial charge in [0.05, 0.1) is 25.9 Å². The number of benzene rings is 2. The lowest BCUT2D eigenvalue weighted by molar-refractivity contribution is 0.332. The maximum Gasteiger partial charge on any atom is 0.127 e. The maximum atomic E-state index is 6.71. The van der Waals surface area contributed by atoms with E-state index >= 15 is 0 Å². The Balaban J connectivity index is 1.58. The number of anilines is 1. The molecule has 5 heteroatoms. The third kappa shape index (κ3) is 2.69. The molecule has 1 aliphatic carbocycles. The molecule has 0 saturated heterocycles. The second kappa shape index (κ2) is 6.29. The summed E-state index contributed by atoms with van der Waals surface area (Å²) in [5.41, 5.74) is 13.7. The molecule has 5 rings (SSSR count). The average Bonchev–Trinajstić information content (AvgIpc) is 3.47. The van der Waals surface area contributed by atoms with Crippen LogP contribution in [0.4, 0.5) is 5.69 Å². The first-order chi connectivity index (χ1) is 13.2. The van der Waals surface area contributed by atoms with Gasteiger partial charge >= 0.3 is 0 Å². The smallest absolute Gasteiger partial charge is 0.127 e. The Labute approximate surface area is 159 Å². The van der Waals surface area contributed by atoms with Crippen molar-refractivity contribution in [2.45, 2.75) is 24.9 Å². The summed E-state index contributed by atoms with van der Waals surface area (Å²) in [6, 6.07) is 12.9. The highest BCUT2D eigenvalue weighted by Crippen LogP contribution is 2.46. The molecule has 3 N–H and O–H groups in total. The van der Waals surface area contributed by atoms with Crippen molar-refractivity contribution in [2.75, 3.05) is 32.6 Å². The fourth-order valence-electron chi connectivity index (χ4n) is 4.33. The number of para-hydroxylation sites is 1. The van der Waals surface area contributed by atoms with Crippen molar-refractivity contribution in [2.24, 2.45) is 5.73 Å². The lowest BCUT2D eigenvalue weighted by Crippen LogP contribution is -2.25. The second-order valence-electron chi connectivity index (χ2n) is 7.58. The number of fused-ring (bicyclic) bond motifs is 1. The molecule has 1 fully saturated rings. The zero-order valence-corrected chi connectivity index (χ0v) is 15.8. The monoisotopic (exact) mass is 363 g/mol. The van der Waals surface area contributed by atoms with Crippen LogP contribution in [-0.4, -0.2) is 38.3 Å². The van der Waals surface area contributed by atoms with E-state index in [2.05, 4.69) is 28.4 Å². The Morgan fingerprint density at radius 1 is 1.04 bits per heavy atom. The zero-order chi connectivity index (χ0) is 18.5. The van der Waals surface area contributed by atoms with Crippen LogP contribution in [0.3, 0.4) is 0 Å². The van der Waals surface area contributed by atoms with Crippen molar-refractivity contribution < 1.29 is 9.47 Å². The molecule has 1 unspecified atom stereocenters. The predicted molar refractivity (Wildman–Crippen MR) is 107 cm³/mol. The normalized spacial score (nSPS) is 21.5. The molecule has 2 aromatic carbocycles. The van der Waals surface area contributed by atoms with E-state index in [-0.39, 0.29) is 6.04 Å². The van der Waals surface area contributed by atoms with Crippen molar-refractivity contribution in [3.05, 3.63) is 53.2 Å². The number of methoxy groups -OCH3 is 2. The Hall–Kier alpha value is -2.50. The Morgan fingerprint density at radius 2 is 1.89 bits per heavy atom. The molecule has 3 aliphatic rings. The van der Waals surface area contributed by atoms with Gasteiger partial charge in [0, 0.05) is 36.0 Å². The minimum absolute atomic E-state index is 0.0587. The highest BCUT2D eigenvalue weighted by Gasteiger charge is 2.38. The molecule has 0 bridgehead atoms. The van der Waals surface area contributed by atoms with Gasteiger partial charge in [0.1, 0.15) is 11.5 Å². The van der Waals surface area contributed by atoms with E-state index in [0.717, 1.165) is 53.0 Å². The average molecular weight is 363 g/mol. The summed E-state index contributed by atoms with van der Waals surface area (Å²) in [5.74, 6) is 1.63. The number of rotatable bonds is 4. The molecule has 1 saturated carbocycles. The molecular formula is C22H25N3O2. The van der Waals surface area contributed by atoms with E-state index < -0.39 is 0 Å². The van der Waals surface area contributed by atoms with Gasteiger partial charge in [-0.1, -0.05) is 18.2 Å². The Bertz CT molecular complexity index is 933. The van der Waals surface area contributed by atoms with Gasteiger partial charge in [-0.15, -0.1) is 0 Å². The number of nitrogens with one attached hydrogen (secondary N) is 1. The number of hydrogen-bond donors (Lipinski definition) is 2. The van der Waals surface area contributed by atoms with Crippen LogP contribution < -0.4 is 20.5 Å². The van der Waals surface area contributed by atoms with Crippen LogP contribution in [0.25, 0.3) is 11.1 Å². The van der Waals surface area contributed by atoms with Gasteiger partial charge < -0.3 is 20.5 Å². The van der Waals surface area contributed by atoms with Gasteiger partial charge in [0.25, 0.3) is 0 Å². The molecule has 0 radical (unpaired) electrons. The van der Waals surface area contributed by atoms with Crippen molar-refractivity contribution in [3.63, 3.8) is 0 Å². The summed E-state index contributed by atoms with van der Waals surface area (Å²) in [5, 5.41) is 3.72. The third-order valence-corrected chi connectivity index (χ3v) is 5.97. The quantitative estimate of drug-likeness (QED) is 0.870. The molecule has 1 atom stereocenters. The zero-order valence-electron chi connectivity index (χ0n) is 15.8. The summed E-state index contributed by atoms with van der Waals surface area (Å²) in [4.78, 5) is 2.55. The van der Waals surface area contributed by atoms with Crippen LogP contribution in [0.15, 0.2) is 47.7 Å². The van der Waals surface area contributed by atoms with Crippen molar-refractivity contribution in [3.8, 4) is 22.6 Å². The molecular weight excluding hydrogens is 338 g/mol. The Kier molecular flexibility index (Phi) is 3.88. The molecule has 140 valence electrons. The van der Waals surface area contributed by atoms with E-state index in [1.807, 2.05) is 18.2 Å². The summed E-state index contributed by atoms with van der Waals surface area (Å²) >= 11 is 0. The van der Waals surface area contributed by atoms with Crippen molar-refractivity contribution >= 4 is 5.69 Å². The summed E-state index contributed by atoms with van der Waals surface area (Å²) in [6.07, 6.45) is 2.63. The molecule has 2 aromatic rings. The SMILES string of the molecule is COc1ccc(OC)c(-c2cccc3c2NC2=C(CN(C4CC4)C2)C3N)c1. The van der Waals surface area contributed by atoms with Gasteiger partial charge in [0.2, 0.25) is 0 Å². The molecule has 5 nitrogen and oxygen atoms in total. The Morgan fingerprint density at radius 3 is 2.63 bits per heavy atom. The van der Waals surface area contributed by atoms with Crippen LogP contribution in [0.1, 0.15) is 24.4 Å². The minimum atomic E-state index is -0.0587. The fraction of sp³-hybridized carbons (Fsp3) is 0.364. The van der Waals surface area contributed by atoms with Gasteiger partial charge in [-0.05, 0) is 42.2 Å². The molecule has 2 heterocycles. The van der Waals surface area contributed by atoms with Crippen LogP contribution in [0.2, 0.25) is 0 Å².